The number of pyridine rings is 1. The van der Waals surface area contributed by atoms with Gasteiger partial charge < -0.3 is 14.4 Å². The van der Waals surface area contributed by atoms with Gasteiger partial charge in [0.05, 0.1) is 23.2 Å². The predicted octanol–water partition coefficient (Wildman–Crippen LogP) is 4.61. The molecule has 0 amide bonds. The van der Waals surface area contributed by atoms with Gasteiger partial charge in [-0.3, -0.25) is 20.7 Å². The molecule has 45 heavy (non-hydrogen) atoms. The van der Waals surface area contributed by atoms with E-state index in [-0.39, 0.29) is 35.2 Å². The van der Waals surface area contributed by atoms with Gasteiger partial charge in [-0.15, -0.1) is 0 Å². The molecule has 0 radical (unpaired) electrons. The summed E-state index contributed by atoms with van der Waals surface area (Å²) in [5.74, 6) is 2.14. The molecule has 9 atom stereocenters. The fourth-order valence-electron chi connectivity index (χ4n) is 9.93. The number of nitrogens with one attached hydrogen (secondary N) is 2. The number of aromatic nitrogens is 3. The molecular formula is C34H49F2N7O2. The number of anilines is 1. The van der Waals surface area contributed by atoms with Gasteiger partial charge >= 0.3 is 6.01 Å². The van der Waals surface area contributed by atoms with Crippen LogP contribution in [0.3, 0.4) is 0 Å². The van der Waals surface area contributed by atoms with Crippen LogP contribution in [0.4, 0.5) is 14.6 Å². The number of alkyl halides is 1. The summed E-state index contributed by atoms with van der Waals surface area (Å²) >= 11 is 0. The Bertz CT molecular complexity index is 1400. The molecule has 2 aromatic rings. The molecule has 0 aromatic carbocycles. The van der Waals surface area contributed by atoms with Crippen molar-refractivity contribution in [1.29, 1.82) is 0 Å². The lowest BCUT2D eigenvalue weighted by molar-refractivity contribution is 0.0727. The molecule has 0 spiro atoms. The number of hydrogen-bond donors (Lipinski definition) is 2. The van der Waals surface area contributed by atoms with Gasteiger partial charge in [0.15, 0.2) is 5.82 Å². The molecule has 7 aliphatic rings. The first kappa shape index (κ1) is 30.1. The molecule has 11 heteroatoms. The Balaban J connectivity index is 1.23. The number of nitrogens with zero attached hydrogens (tertiary/aromatic N) is 5. The summed E-state index contributed by atoms with van der Waals surface area (Å²) in [6.07, 6.45) is 8.59. The number of fused-ring (bicyclic) bond motifs is 8. The summed E-state index contributed by atoms with van der Waals surface area (Å²) in [7, 11) is 0. The maximum absolute atomic E-state index is 17.2. The maximum atomic E-state index is 17.2. The Labute approximate surface area is 265 Å². The van der Waals surface area contributed by atoms with Crippen LogP contribution in [0.5, 0.6) is 6.01 Å². The number of hydrazine groups is 1. The highest BCUT2D eigenvalue weighted by atomic mass is 19.1. The van der Waals surface area contributed by atoms with Gasteiger partial charge in [0.1, 0.15) is 24.1 Å². The smallest absolute Gasteiger partial charge is 0.319 e. The molecule has 6 aliphatic heterocycles. The molecule has 9 rings (SSSR count). The highest BCUT2D eigenvalue weighted by Gasteiger charge is 2.50. The van der Waals surface area contributed by atoms with E-state index >= 15 is 4.39 Å². The Kier molecular flexibility index (Phi) is 8.11. The van der Waals surface area contributed by atoms with Crippen molar-refractivity contribution in [3.63, 3.8) is 0 Å². The number of piperidine rings is 1. The second-order valence-electron chi connectivity index (χ2n) is 15.3. The normalized spacial score (nSPS) is 38.9. The number of hydrogen-bond acceptors (Lipinski definition) is 9. The maximum Gasteiger partial charge on any atom is 0.319 e. The predicted molar refractivity (Wildman–Crippen MR) is 168 cm³/mol. The number of ether oxygens (including phenoxy) is 2. The summed E-state index contributed by atoms with van der Waals surface area (Å²) in [4.78, 5) is 19.2. The Morgan fingerprint density at radius 3 is 2.93 bits per heavy atom. The van der Waals surface area contributed by atoms with E-state index < -0.39 is 6.17 Å². The third kappa shape index (κ3) is 5.49. The monoisotopic (exact) mass is 625 g/mol. The lowest BCUT2D eigenvalue weighted by Gasteiger charge is -2.44. The first-order valence-corrected chi connectivity index (χ1v) is 17.6. The Hall–Kier alpha value is -2.21. The first-order valence-electron chi connectivity index (χ1n) is 17.6. The van der Waals surface area contributed by atoms with Crippen LogP contribution in [0.2, 0.25) is 0 Å². The van der Waals surface area contributed by atoms with Gasteiger partial charge in [-0.2, -0.15) is 9.97 Å². The second kappa shape index (κ2) is 12.1. The van der Waals surface area contributed by atoms with Gasteiger partial charge in [0.25, 0.3) is 0 Å². The van der Waals surface area contributed by atoms with E-state index in [4.69, 9.17) is 24.4 Å². The Morgan fingerprint density at radius 2 is 2.02 bits per heavy atom. The van der Waals surface area contributed by atoms with E-state index in [0.29, 0.717) is 65.7 Å². The van der Waals surface area contributed by atoms with Crippen molar-refractivity contribution >= 4 is 16.7 Å². The van der Waals surface area contributed by atoms with E-state index in [2.05, 4.69) is 34.5 Å². The quantitative estimate of drug-likeness (QED) is 0.508. The standard InChI is InChI=1S/C34H49F2N7O2/c1-20-6-10-44-18-22-5-3-8-42(16-22)32-26-14-37-31(28-24(11-20)21(2)12-27-25(28)15-38-41-27)29(36)30(26)39-33(40-32)45-19-34-7-4-9-43(34)17-23(35)13-34/h14,20-25,27-28,38,41H,3-13,15-19H2,1-2H3/t20-,21?,22+,23+,24?,25?,27?,28?,34-/m0/s1. The van der Waals surface area contributed by atoms with Gasteiger partial charge in [0.2, 0.25) is 0 Å². The van der Waals surface area contributed by atoms with Gasteiger partial charge in [-0.25, -0.2) is 8.78 Å². The summed E-state index contributed by atoms with van der Waals surface area (Å²) in [5, 5.41) is 0.635. The average Bonchev–Trinajstić information content (AvgIpc) is 3.73. The zero-order valence-corrected chi connectivity index (χ0v) is 26.8. The molecule has 6 bridgehead atoms. The van der Waals surface area contributed by atoms with E-state index in [9.17, 15) is 4.39 Å². The molecule has 1 saturated carbocycles. The largest absolute Gasteiger partial charge is 0.461 e. The zero-order chi connectivity index (χ0) is 30.7. The molecule has 9 nitrogen and oxygen atoms in total. The minimum Gasteiger partial charge on any atom is -0.461 e. The van der Waals surface area contributed by atoms with Crippen LogP contribution in [0.15, 0.2) is 6.20 Å². The topological polar surface area (TPSA) is 87.7 Å². The third-order valence-corrected chi connectivity index (χ3v) is 12.2. The summed E-state index contributed by atoms with van der Waals surface area (Å²) in [5.41, 5.74) is 7.35. The molecule has 5 unspecified atom stereocenters. The minimum absolute atomic E-state index is 0.0324. The SMILES string of the molecule is CC1CC2NNCC2C2c3ncc4c(nc(OC[C@@]56CCCN5C[C@H](F)C6)nc4c3F)N3CCC[C@@H](COCC[C@H](C)CC12)C3. The van der Waals surface area contributed by atoms with Crippen LogP contribution in [0.1, 0.15) is 76.8 Å². The summed E-state index contributed by atoms with van der Waals surface area (Å²) in [6.45, 7) is 10.2. The highest BCUT2D eigenvalue weighted by molar-refractivity contribution is 5.90. The molecule has 2 aromatic heterocycles. The van der Waals surface area contributed by atoms with E-state index in [1.165, 1.54) is 0 Å². The van der Waals surface area contributed by atoms with Crippen LogP contribution in [-0.2, 0) is 4.74 Å². The molecule has 1 aliphatic carbocycles. The van der Waals surface area contributed by atoms with Crippen LogP contribution < -0.4 is 20.5 Å². The zero-order valence-electron chi connectivity index (χ0n) is 26.8. The van der Waals surface area contributed by atoms with Gasteiger partial charge in [-0.1, -0.05) is 13.8 Å². The minimum atomic E-state index is -0.843. The third-order valence-electron chi connectivity index (χ3n) is 12.2. The van der Waals surface area contributed by atoms with Gasteiger partial charge in [-0.05, 0) is 81.1 Å². The highest BCUT2D eigenvalue weighted by Crippen LogP contribution is 2.50. The fourth-order valence-corrected chi connectivity index (χ4v) is 9.93. The van der Waals surface area contributed by atoms with Crippen LogP contribution in [0, 0.1) is 35.4 Å². The second-order valence-corrected chi connectivity index (χ2v) is 15.3. The van der Waals surface area contributed by atoms with Crippen molar-refractivity contribution in [2.24, 2.45) is 29.6 Å². The van der Waals surface area contributed by atoms with E-state index in [0.717, 1.165) is 84.3 Å². The van der Waals surface area contributed by atoms with Crippen molar-refractivity contribution in [3.05, 3.63) is 17.7 Å². The molecule has 2 N–H and O–H groups in total. The van der Waals surface area contributed by atoms with Crippen LogP contribution in [-0.4, -0.2) is 90.1 Å². The van der Waals surface area contributed by atoms with Crippen molar-refractivity contribution in [3.8, 4) is 6.01 Å². The lowest BCUT2D eigenvalue weighted by Crippen LogP contribution is -2.44. The fraction of sp³-hybridized carbons (Fsp3) is 0.794. The molecule has 246 valence electrons. The molecule has 5 fully saturated rings. The van der Waals surface area contributed by atoms with E-state index in [1.807, 2.05) is 6.20 Å². The molecular weight excluding hydrogens is 576 g/mol. The van der Waals surface area contributed by atoms with Crippen LogP contribution in [0.25, 0.3) is 10.9 Å². The lowest BCUT2D eigenvalue weighted by atomic mass is 9.61. The molecule has 8 heterocycles. The number of halogens is 2. The summed E-state index contributed by atoms with van der Waals surface area (Å²) < 4.78 is 44.4. The van der Waals surface area contributed by atoms with E-state index in [1.54, 1.807) is 0 Å². The van der Waals surface area contributed by atoms with Gasteiger partial charge in [0, 0.05) is 57.4 Å². The molecule has 4 saturated heterocycles. The van der Waals surface area contributed by atoms with Crippen molar-refractivity contribution in [2.45, 2.75) is 88.9 Å². The van der Waals surface area contributed by atoms with Crippen molar-refractivity contribution < 1.29 is 18.3 Å². The Morgan fingerprint density at radius 1 is 1.11 bits per heavy atom. The summed E-state index contributed by atoms with van der Waals surface area (Å²) in [6, 6.07) is 0.465. The first-order chi connectivity index (χ1) is 21.9. The van der Waals surface area contributed by atoms with Crippen LogP contribution >= 0.6 is 0 Å². The van der Waals surface area contributed by atoms with Crippen molar-refractivity contribution in [2.75, 3.05) is 57.4 Å². The average molecular weight is 626 g/mol. The number of rotatable bonds is 3. The van der Waals surface area contributed by atoms with Crippen molar-refractivity contribution in [1.82, 2.24) is 30.7 Å².